The monoisotopic (exact) mass is 722 g/mol. The SMILES string of the molecule is COc1ccc2c(c1)[C@@]1(O[C@H](CC(=O)N(CCO)Cc3ccccc3)[C@@H]([Si](C)(C)F)[C@@H]1C)C(=O)N2Cc1cccc(-n2[nH]c3ccccc3c2=O)c1. The zero-order valence-corrected chi connectivity index (χ0v) is 30.7. The van der Waals surface area contributed by atoms with Crippen LogP contribution in [0.1, 0.15) is 30.0 Å². The third-order valence-corrected chi connectivity index (χ3v) is 13.0. The van der Waals surface area contributed by atoms with Gasteiger partial charge in [0.15, 0.2) is 5.60 Å². The van der Waals surface area contributed by atoms with Gasteiger partial charge in [-0.2, -0.15) is 0 Å². The van der Waals surface area contributed by atoms with Crippen molar-refractivity contribution < 1.29 is 28.3 Å². The Morgan fingerprint density at radius 3 is 2.44 bits per heavy atom. The van der Waals surface area contributed by atoms with Crippen molar-refractivity contribution in [1.29, 1.82) is 0 Å². The molecule has 7 rings (SSSR count). The van der Waals surface area contributed by atoms with Crippen LogP contribution in [0.25, 0.3) is 16.6 Å². The molecule has 270 valence electrons. The van der Waals surface area contributed by atoms with E-state index in [1.165, 1.54) is 4.68 Å². The maximum atomic E-state index is 16.5. The molecule has 2 amide bonds. The first-order valence-electron chi connectivity index (χ1n) is 17.5. The molecule has 4 aromatic carbocycles. The molecule has 2 N–H and O–H groups in total. The van der Waals surface area contributed by atoms with E-state index in [1.807, 2.05) is 85.8 Å². The predicted molar refractivity (Wildman–Crippen MR) is 200 cm³/mol. The van der Waals surface area contributed by atoms with Crippen LogP contribution in [0.15, 0.2) is 102 Å². The lowest BCUT2D eigenvalue weighted by Gasteiger charge is -2.31. The molecule has 1 saturated heterocycles. The second-order valence-corrected chi connectivity index (χ2v) is 18.0. The molecule has 1 spiro atoms. The highest BCUT2D eigenvalue weighted by Crippen LogP contribution is 2.60. The summed E-state index contributed by atoms with van der Waals surface area (Å²) in [6.07, 6.45) is -1.02. The van der Waals surface area contributed by atoms with Gasteiger partial charge in [-0.15, -0.1) is 0 Å². The topological polar surface area (TPSA) is 117 Å². The Hall–Kier alpha value is -5.04. The Labute approximate surface area is 302 Å². The van der Waals surface area contributed by atoms with Crippen LogP contribution in [0.2, 0.25) is 18.6 Å². The van der Waals surface area contributed by atoms with E-state index in [4.69, 9.17) is 9.47 Å². The van der Waals surface area contributed by atoms with Gasteiger partial charge in [-0.1, -0.05) is 61.5 Å². The Kier molecular flexibility index (Phi) is 9.40. The van der Waals surface area contributed by atoms with Gasteiger partial charge >= 0.3 is 0 Å². The van der Waals surface area contributed by atoms with Crippen molar-refractivity contribution in [2.45, 2.75) is 56.8 Å². The van der Waals surface area contributed by atoms with Crippen LogP contribution in [0, 0.1) is 5.92 Å². The number of para-hydroxylation sites is 1. The minimum absolute atomic E-state index is 0.110. The molecule has 52 heavy (non-hydrogen) atoms. The number of anilines is 1. The van der Waals surface area contributed by atoms with Crippen LogP contribution in [-0.4, -0.2) is 66.4 Å². The maximum Gasteiger partial charge on any atom is 0.279 e. The summed E-state index contributed by atoms with van der Waals surface area (Å²) >= 11 is 0. The number of amides is 2. The van der Waals surface area contributed by atoms with E-state index in [0.29, 0.717) is 33.6 Å². The number of methoxy groups -OCH3 is 1. The summed E-state index contributed by atoms with van der Waals surface area (Å²) in [7, 11) is -2.01. The Morgan fingerprint density at radius 2 is 1.73 bits per heavy atom. The quantitative estimate of drug-likeness (QED) is 0.127. The molecule has 12 heteroatoms. The number of aliphatic hydroxyl groups is 1. The molecular weight excluding hydrogens is 680 g/mol. The van der Waals surface area contributed by atoms with Crippen molar-refractivity contribution in [2.24, 2.45) is 5.92 Å². The van der Waals surface area contributed by atoms with E-state index in [0.717, 1.165) is 11.1 Å². The summed E-state index contributed by atoms with van der Waals surface area (Å²) < 4.78 is 30.4. The second-order valence-electron chi connectivity index (χ2n) is 14.2. The van der Waals surface area contributed by atoms with E-state index in [2.05, 4.69) is 5.10 Å². The van der Waals surface area contributed by atoms with Crippen LogP contribution >= 0.6 is 0 Å². The van der Waals surface area contributed by atoms with Crippen molar-refractivity contribution in [3.05, 3.63) is 124 Å². The Morgan fingerprint density at radius 1 is 1.00 bits per heavy atom. The number of halogens is 1. The summed E-state index contributed by atoms with van der Waals surface area (Å²) in [6.45, 7) is 5.38. The molecule has 1 aromatic heterocycles. The number of carbonyl (C=O) groups excluding carboxylic acids is 2. The van der Waals surface area contributed by atoms with E-state index in [-0.39, 0.29) is 50.0 Å². The maximum absolute atomic E-state index is 16.5. The van der Waals surface area contributed by atoms with Gasteiger partial charge in [0.25, 0.3) is 11.5 Å². The molecule has 2 aliphatic rings. The van der Waals surface area contributed by atoms with Gasteiger partial charge in [0.1, 0.15) is 5.75 Å². The highest BCUT2D eigenvalue weighted by Gasteiger charge is 2.67. The third-order valence-electron chi connectivity index (χ3n) is 10.6. The fourth-order valence-corrected chi connectivity index (χ4v) is 10.7. The van der Waals surface area contributed by atoms with Gasteiger partial charge in [0.2, 0.25) is 14.3 Å². The molecule has 2 aliphatic heterocycles. The number of hydrogen-bond acceptors (Lipinski definition) is 6. The summed E-state index contributed by atoms with van der Waals surface area (Å²) in [5.41, 5.74) is 1.75. The van der Waals surface area contributed by atoms with Gasteiger partial charge in [-0.25, -0.2) is 4.68 Å². The first kappa shape index (κ1) is 35.4. The van der Waals surface area contributed by atoms with Crippen LogP contribution in [0.3, 0.4) is 0 Å². The van der Waals surface area contributed by atoms with Gasteiger partial charge in [-0.05, 0) is 66.7 Å². The van der Waals surface area contributed by atoms with Crippen LogP contribution in [0.4, 0.5) is 9.80 Å². The number of fused-ring (bicyclic) bond motifs is 3. The first-order chi connectivity index (χ1) is 25.0. The number of ether oxygens (including phenoxy) is 2. The van der Waals surface area contributed by atoms with Crippen LogP contribution in [0.5, 0.6) is 5.75 Å². The van der Waals surface area contributed by atoms with Crippen molar-refractivity contribution >= 4 is 36.8 Å². The second kappa shape index (κ2) is 13.8. The number of aromatic nitrogens is 2. The van der Waals surface area contributed by atoms with Crippen molar-refractivity contribution in [1.82, 2.24) is 14.7 Å². The fraction of sp³-hybridized carbons (Fsp3) is 0.325. The first-order valence-corrected chi connectivity index (χ1v) is 20.5. The molecule has 5 aromatic rings. The van der Waals surface area contributed by atoms with Crippen LogP contribution in [-0.2, 0) is 33.0 Å². The minimum atomic E-state index is -3.55. The molecule has 4 atom stereocenters. The zero-order valence-electron chi connectivity index (χ0n) is 29.7. The van der Waals surface area contributed by atoms with Crippen LogP contribution < -0.4 is 15.2 Å². The summed E-state index contributed by atoms with van der Waals surface area (Å²) in [5.74, 6) is -0.718. The molecular formula is C40H43FN4O6Si. The van der Waals surface area contributed by atoms with E-state index < -0.39 is 31.6 Å². The highest BCUT2D eigenvalue weighted by molar-refractivity contribution is 6.72. The number of H-pyrrole nitrogens is 1. The lowest BCUT2D eigenvalue weighted by atomic mass is 9.82. The number of aromatic amines is 1. The zero-order chi connectivity index (χ0) is 36.8. The number of rotatable bonds is 11. The Bertz CT molecular complexity index is 2180. The minimum Gasteiger partial charge on any atom is -0.497 e. The number of aliphatic hydroxyl groups excluding tert-OH is 1. The fourth-order valence-electron chi connectivity index (χ4n) is 8.25. The average Bonchev–Trinajstić information content (AvgIpc) is 3.71. The number of carbonyl (C=O) groups is 2. The molecule has 0 bridgehead atoms. The molecule has 3 heterocycles. The summed E-state index contributed by atoms with van der Waals surface area (Å²) in [4.78, 5) is 45.3. The van der Waals surface area contributed by atoms with Crippen molar-refractivity contribution in [2.75, 3.05) is 25.2 Å². The molecule has 0 aliphatic carbocycles. The smallest absolute Gasteiger partial charge is 0.279 e. The van der Waals surface area contributed by atoms with E-state index >= 15 is 4.11 Å². The van der Waals surface area contributed by atoms with Crippen molar-refractivity contribution in [3.8, 4) is 11.4 Å². The van der Waals surface area contributed by atoms with Gasteiger partial charge < -0.3 is 28.5 Å². The summed E-state index contributed by atoms with van der Waals surface area (Å²) in [5, 5.41) is 13.6. The standard InChI is InChI=1S/C40H43FN4O6Si/c1-26-37(52(3,4)41)35(23-36(47)43(19-20-46)24-27-11-6-5-7-12-27)51-40(26)32-22-30(50-2)17-18-34(32)44(39(40)49)25-28-13-10-14-29(21-28)45-38(48)31-15-8-9-16-33(31)42-45/h5-18,21-22,26,35,37,42,46H,19-20,23-25H2,1-4H3/t26-,35+,37-,40+/m0/s1. The van der Waals surface area contributed by atoms with E-state index in [9.17, 15) is 19.5 Å². The molecule has 10 nitrogen and oxygen atoms in total. The average molecular weight is 723 g/mol. The predicted octanol–water partition coefficient (Wildman–Crippen LogP) is 6.06. The highest BCUT2D eigenvalue weighted by atomic mass is 28.4. The lowest BCUT2D eigenvalue weighted by molar-refractivity contribution is -0.150. The molecule has 0 saturated carbocycles. The van der Waals surface area contributed by atoms with Gasteiger partial charge in [0.05, 0.1) is 55.1 Å². The van der Waals surface area contributed by atoms with Gasteiger partial charge in [0, 0.05) is 30.1 Å². The number of nitrogens with one attached hydrogen (secondary N) is 1. The van der Waals surface area contributed by atoms with E-state index in [1.54, 1.807) is 48.2 Å². The number of nitrogens with zero attached hydrogens (tertiary/aromatic N) is 3. The lowest BCUT2D eigenvalue weighted by Crippen LogP contribution is -2.45. The normalized spacial score (nSPS) is 21.2. The van der Waals surface area contributed by atoms with Crippen molar-refractivity contribution in [3.63, 3.8) is 0 Å². The Balaban J connectivity index is 1.24. The molecule has 0 unspecified atom stereocenters. The third kappa shape index (κ3) is 6.14. The van der Waals surface area contributed by atoms with Gasteiger partial charge in [-0.3, -0.25) is 19.5 Å². The molecule has 0 radical (unpaired) electrons. The largest absolute Gasteiger partial charge is 0.497 e. The number of benzene rings is 4. The summed E-state index contributed by atoms with van der Waals surface area (Å²) in [6, 6.07) is 29.6. The molecule has 1 fully saturated rings. The number of hydrogen-bond donors (Lipinski definition) is 2.